The molecule has 1 aliphatic heterocycles. The molecule has 126 valence electrons. The van der Waals surface area contributed by atoms with Gasteiger partial charge in [0.1, 0.15) is 5.82 Å². The van der Waals surface area contributed by atoms with Crippen LogP contribution >= 0.6 is 11.6 Å². The Balaban J connectivity index is 1.69. The zero-order valence-corrected chi connectivity index (χ0v) is 13.6. The van der Waals surface area contributed by atoms with E-state index in [1.165, 1.54) is 0 Å². The number of nitrogens with zero attached hydrogens (tertiary/aromatic N) is 5. The van der Waals surface area contributed by atoms with Crippen LogP contribution in [0.4, 0.5) is 17.3 Å². The van der Waals surface area contributed by atoms with Gasteiger partial charge in [-0.1, -0.05) is 11.6 Å². The Hall–Kier alpha value is -2.61. The second-order valence-electron chi connectivity index (χ2n) is 5.50. The minimum atomic E-state index is -0.852. The van der Waals surface area contributed by atoms with E-state index in [2.05, 4.69) is 25.0 Å². The first-order chi connectivity index (χ1) is 11.5. The summed E-state index contributed by atoms with van der Waals surface area (Å²) in [5.41, 5.74) is 7.40. The molecule has 0 atom stereocenters. The van der Waals surface area contributed by atoms with Crippen LogP contribution in [-0.2, 0) is 11.2 Å². The SMILES string of the molecule is Nc1nnc(Cl)cc1N1CCN(c2cc(CC(=O)O)ccn2)CC1. The Kier molecular flexibility index (Phi) is 4.66. The van der Waals surface area contributed by atoms with Gasteiger partial charge in [0.05, 0.1) is 12.1 Å². The molecule has 9 heteroatoms. The summed E-state index contributed by atoms with van der Waals surface area (Å²) in [5.74, 6) is 0.288. The minimum Gasteiger partial charge on any atom is -0.481 e. The number of halogens is 1. The van der Waals surface area contributed by atoms with Crippen molar-refractivity contribution < 1.29 is 9.90 Å². The Labute approximate surface area is 143 Å². The Morgan fingerprint density at radius 3 is 2.62 bits per heavy atom. The fourth-order valence-corrected chi connectivity index (χ4v) is 2.86. The molecule has 2 aromatic heterocycles. The van der Waals surface area contributed by atoms with Crippen molar-refractivity contribution in [3.63, 3.8) is 0 Å². The highest BCUT2D eigenvalue weighted by atomic mass is 35.5. The van der Waals surface area contributed by atoms with Crippen molar-refractivity contribution in [1.29, 1.82) is 0 Å². The molecule has 0 saturated carbocycles. The lowest BCUT2D eigenvalue weighted by Crippen LogP contribution is -2.47. The van der Waals surface area contributed by atoms with Crippen molar-refractivity contribution in [3.8, 4) is 0 Å². The topological polar surface area (TPSA) is 108 Å². The molecule has 1 saturated heterocycles. The molecular formula is C15H17ClN6O2. The van der Waals surface area contributed by atoms with Gasteiger partial charge >= 0.3 is 5.97 Å². The maximum atomic E-state index is 10.8. The molecule has 1 fully saturated rings. The molecule has 8 nitrogen and oxygen atoms in total. The fourth-order valence-electron chi connectivity index (χ4n) is 2.72. The summed E-state index contributed by atoms with van der Waals surface area (Å²) in [6.07, 6.45) is 1.64. The van der Waals surface area contributed by atoms with Crippen molar-refractivity contribution in [2.75, 3.05) is 41.7 Å². The number of anilines is 3. The minimum absolute atomic E-state index is 0.00674. The van der Waals surface area contributed by atoms with E-state index in [1.807, 2.05) is 6.07 Å². The predicted molar refractivity (Wildman–Crippen MR) is 91.5 cm³/mol. The van der Waals surface area contributed by atoms with Gasteiger partial charge in [-0.15, -0.1) is 10.2 Å². The van der Waals surface area contributed by atoms with Gasteiger partial charge in [-0.3, -0.25) is 4.79 Å². The van der Waals surface area contributed by atoms with Crippen LogP contribution in [0.15, 0.2) is 24.4 Å². The number of carbonyl (C=O) groups is 1. The number of carboxylic acids is 1. The molecule has 0 amide bonds. The second kappa shape index (κ2) is 6.88. The Morgan fingerprint density at radius 1 is 1.21 bits per heavy atom. The molecule has 1 aliphatic rings. The van der Waals surface area contributed by atoms with Crippen LogP contribution in [0.2, 0.25) is 5.15 Å². The average Bonchev–Trinajstić information content (AvgIpc) is 2.57. The molecule has 3 heterocycles. The molecule has 2 aromatic rings. The molecule has 0 aliphatic carbocycles. The lowest BCUT2D eigenvalue weighted by molar-refractivity contribution is -0.136. The van der Waals surface area contributed by atoms with Crippen molar-refractivity contribution in [2.45, 2.75) is 6.42 Å². The van der Waals surface area contributed by atoms with E-state index in [0.717, 1.165) is 43.2 Å². The summed E-state index contributed by atoms with van der Waals surface area (Å²) >= 11 is 5.90. The normalized spacial score (nSPS) is 14.7. The van der Waals surface area contributed by atoms with Crippen molar-refractivity contribution in [1.82, 2.24) is 15.2 Å². The summed E-state index contributed by atoms with van der Waals surface area (Å²) < 4.78 is 0. The highest BCUT2D eigenvalue weighted by molar-refractivity contribution is 6.29. The number of nitrogens with two attached hydrogens (primary N) is 1. The van der Waals surface area contributed by atoms with Gasteiger partial charge in [0.2, 0.25) is 0 Å². The summed E-state index contributed by atoms with van der Waals surface area (Å²) in [5, 5.41) is 16.8. The van der Waals surface area contributed by atoms with Crippen molar-refractivity contribution in [2.24, 2.45) is 0 Å². The van der Waals surface area contributed by atoms with Crippen LogP contribution in [0.1, 0.15) is 5.56 Å². The maximum absolute atomic E-state index is 10.8. The number of pyridine rings is 1. The molecule has 0 radical (unpaired) electrons. The van der Waals surface area contributed by atoms with Crippen LogP contribution in [0.3, 0.4) is 0 Å². The Morgan fingerprint density at radius 2 is 1.92 bits per heavy atom. The molecule has 0 spiro atoms. The van der Waals surface area contributed by atoms with Gasteiger partial charge in [-0.05, 0) is 17.7 Å². The zero-order chi connectivity index (χ0) is 17.1. The molecule has 0 aromatic carbocycles. The highest BCUT2D eigenvalue weighted by Gasteiger charge is 2.21. The van der Waals surface area contributed by atoms with E-state index in [9.17, 15) is 4.79 Å². The van der Waals surface area contributed by atoms with Crippen LogP contribution in [0.25, 0.3) is 0 Å². The van der Waals surface area contributed by atoms with E-state index in [0.29, 0.717) is 11.0 Å². The van der Waals surface area contributed by atoms with Crippen LogP contribution in [-0.4, -0.2) is 52.4 Å². The zero-order valence-electron chi connectivity index (χ0n) is 12.9. The second-order valence-corrected chi connectivity index (χ2v) is 5.89. The molecule has 0 bridgehead atoms. The number of piperazine rings is 1. The summed E-state index contributed by atoms with van der Waals surface area (Å²) in [6.45, 7) is 2.94. The number of hydrogen-bond acceptors (Lipinski definition) is 7. The average molecular weight is 349 g/mol. The third-order valence-corrected chi connectivity index (χ3v) is 4.07. The lowest BCUT2D eigenvalue weighted by Gasteiger charge is -2.36. The predicted octanol–water partition coefficient (Wildman–Crippen LogP) is 1.06. The van der Waals surface area contributed by atoms with E-state index in [4.69, 9.17) is 22.4 Å². The number of carboxylic acid groups (broad SMARTS) is 1. The standard InChI is InChI=1S/C15H17ClN6O2/c16-12-9-11(15(17)20-19-12)21-3-5-22(6-4-21)13-7-10(1-2-18-13)8-14(23)24/h1-2,7,9H,3-6,8H2,(H2,17,20)(H,23,24). The third-order valence-electron chi connectivity index (χ3n) is 3.88. The summed E-state index contributed by atoms with van der Waals surface area (Å²) in [4.78, 5) is 19.4. The molecular weight excluding hydrogens is 332 g/mol. The van der Waals surface area contributed by atoms with Gasteiger partial charge in [0, 0.05) is 38.4 Å². The van der Waals surface area contributed by atoms with Crippen LogP contribution < -0.4 is 15.5 Å². The number of nitrogen functional groups attached to an aromatic ring is 1. The number of rotatable bonds is 4. The molecule has 24 heavy (non-hydrogen) atoms. The first-order valence-corrected chi connectivity index (χ1v) is 7.86. The highest BCUT2D eigenvalue weighted by Crippen LogP contribution is 2.25. The van der Waals surface area contributed by atoms with Gasteiger partial charge in [-0.2, -0.15) is 0 Å². The van der Waals surface area contributed by atoms with E-state index in [1.54, 1.807) is 18.3 Å². The third kappa shape index (κ3) is 3.65. The number of aliphatic carboxylic acids is 1. The fraction of sp³-hybridized carbons (Fsp3) is 0.333. The smallest absolute Gasteiger partial charge is 0.307 e. The maximum Gasteiger partial charge on any atom is 0.307 e. The van der Waals surface area contributed by atoms with Crippen LogP contribution in [0.5, 0.6) is 0 Å². The van der Waals surface area contributed by atoms with Crippen LogP contribution in [0, 0.1) is 0 Å². The summed E-state index contributed by atoms with van der Waals surface area (Å²) in [7, 11) is 0. The molecule has 3 N–H and O–H groups in total. The van der Waals surface area contributed by atoms with E-state index < -0.39 is 5.97 Å². The number of hydrogen-bond donors (Lipinski definition) is 2. The first kappa shape index (κ1) is 16.3. The first-order valence-electron chi connectivity index (χ1n) is 7.48. The van der Waals surface area contributed by atoms with Crippen molar-refractivity contribution in [3.05, 3.63) is 35.1 Å². The van der Waals surface area contributed by atoms with Gasteiger partial charge in [0.25, 0.3) is 0 Å². The van der Waals surface area contributed by atoms with E-state index >= 15 is 0 Å². The molecule has 0 unspecified atom stereocenters. The Bertz CT molecular complexity index is 748. The van der Waals surface area contributed by atoms with Gasteiger partial charge < -0.3 is 20.6 Å². The monoisotopic (exact) mass is 348 g/mol. The summed E-state index contributed by atoms with van der Waals surface area (Å²) in [6, 6.07) is 5.26. The molecule has 3 rings (SSSR count). The largest absolute Gasteiger partial charge is 0.481 e. The van der Waals surface area contributed by atoms with Crippen molar-refractivity contribution >= 4 is 34.9 Å². The van der Waals surface area contributed by atoms with Gasteiger partial charge in [0.15, 0.2) is 11.0 Å². The van der Waals surface area contributed by atoms with E-state index in [-0.39, 0.29) is 6.42 Å². The lowest BCUT2D eigenvalue weighted by atomic mass is 10.2. The number of aromatic nitrogens is 3. The van der Waals surface area contributed by atoms with Gasteiger partial charge in [-0.25, -0.2) is 4.98 Å². The quantitative estimate of drug-likeness (QED) is 0.844.